The largest absolute Gasteiger partial charge is 0.497 e. The summed E-state index contributed by atoms with van der Waals surface area (Å²) in [5.74, 6) is -0.823. The quantitative estimate of drug-likeness (QED) is 0.538. The minimum Gasteiger partial charge on any atom is -0.497 e. The zero-order valence-corrected chi connectivity index (χ0v) is 19.0. The van der Waals surface area contributed by atoms with Crippen LogP contribution in [0.1, 0.15) is 17.4 Å². The van der Waals surface area contributed by atoms with Crippen molar-refractivity contribution in [2.24, 2.45) is 0 Å². The van der Waals surface area contributed by atoms with Gasteiger partial charge in [-0.15, -0.1) is 11.3 Å². The van der Waals surface area contributed by atoms with Gasteiger partial charge < -0.3 is 15.4 Å². The first-order valence-electron chi connectivity index (χ1n) is 10.0. The number of nitrogens with one attached hydrogen (secondary N) is 2. The average Bonchev–Trinajstić information content (AvgIpc) is 3.26. The molecule has 4 amide bonds. The maximum Gasteiger partial charge on any atom is 0.325 e. The fourth-order valence-electron chi connectivity index (χ4n) is 3.59. The normalized spacial score (nSPS) is 17.8. The van der Waals surface area contributed by atoms with E-state index >= 15 is 0 Å². The lowest BCUT2D eigenvalue weighted by Crippen LogP contribution is -2.42. The lowest BCUT2D eigenvalue weighted by Gasteiger charge is -2.22. The molecule has 33 heavy (non-hydrogen) atoms. The number of halogens is 1. The molecule has 1 aliphatic rings. The Kier molecular flexibility index (Phi) is 5.86. The number of methoxy groups -OCH3 is 1. The number of urea groups is 1. The second-order valence-electron chi connectivity index (χ2n) is 7.65. The van der Waals surface area contributed by atoms with Gasteiger partial charge in [-0.05, 0) is 55.8 Å². The van der Waals surface area contributed by atoms with Crippen LogP contribution in [-0.2, 0) is 15.1 Å². The molecule has 0 saturated carbocycles. The van der Waals surface area contributed by atoms with Gasteiger partial charge in [0.25, 0.3) is 5.91 Å². The highest BCUT2D eigenvalue weighted by Crippen LogP contribution is 2.32. The molecule has 1 saturated heterocycles. The molecule has 1 fully saturated rings. The fourth-order valence-corrected chi connectivity index (χ4v) is 4.44. The van der Waals surface area contributed by atoms with Gasteiger partial charge in [-0.1, -0.05) is 12.1 Å². The first kappa shape index (κ1) is 22.4. The molecule has 0 bridgehead atoms. The van der Waals surface area contributed by atoms with E-state index in [9.17, 15) is 18.8 Å². The number of benzene rings is 2. The highest BCUT2D eigenvalue weighted by Gasteiger charge is 2.49. The molecule has 0 radical (unpaired) electrons. The van der Waals surface area contributed by atoms with Gasteiger partial charge in [0.2, 0.25) is 5.91 Å². The van der Waals surface area contributed by atoms with Crippen LogP contribution in [0.4, 0.5) is 14.3 Å². The Labute approximate surface area is 193 Å². The van der Waals surface area contributed by atoms with Crippen LogP contribution in [-0.4, -0.2) is 41.4 Å². The fraction of sp³-hybridized carbons (Fsp3) is 0.217. The molecule has 3 aromatic rings. The molecule has 2 heterocycles. The van der Waals surface area contributed by atoms with Crippen molar-refractivity contribution in [3.8, 4) is 17.0 Å². The molecule has 1 unspecified atom stereocenters. The Balaban J connectivity index is 1.46. The summed E-state index contributed by atoms with van der Waals surface area (Å²) in [6, 6.07) is 12.0. The van der Waals surface area contributed by atoms with Gasteiger partial charge in [0.15, 0.2) is 5.13 Å². The predicted molar refractivity (Wildman–Crippen MR) is 121 cm³/mol. The van der Waals surface area contributed by atoms with E-state index in [0.29, 0.717) is 22.1 Å². The monoisotopic (exact) mass is 468 g/mol. The van der Waals surface area contributed by atoms with Crippen LogP contribution < -0.4 is 15.4 Å². The molecule has 1 aliphatic heterocycles. The van der Waals surface area contributed by atoms with Crippen LogP contribution in [0.2, 0.25) is 0 Å². The summed E-state index contributed by atoms with van der Waals surface area (Å²) >= 11 is 1.25. The van der Waals surface area contributed by atoms with Crippen LogP contribution >= 0.6 is 11.3 Å². The standard InChI is InChI=1S/C23H21FN4O4S/c1-13-19(14-4-8-16(24)9-5-14)26-21(33-13)25-18(29)12-28-20(30)23(2,27-22(28)31)15-6-10-17(32-3)11-7-15/h4-11H,12H2,1-3H3,(H,27,31)(H,25,26,29). The zero-order valence-electron chi connectivity index (χ0n) is 18.1. The number of nitrogens with zero attached hydrogens (tertiary/aromatic N) is 2. The molecule has 4 rings (SSSR count). The van der Waals surface area contributed by atoms with Crippen LogP contribution in [0.15, 0.2) is 48.5 Å². The number of anilines is 1. The van der Waals surface area contributed by atoms with E-state index in [4.69, 9.17) is 4.74 Å². The molecular weight excluding hydrogens is 447 g/mol. The Hall–Kier alpha value is -3.79. The number of aromatic nitrogens is 1. The lowest BCUT2D eigenvalue weighted by molar-refractivity contribution is -0.133. The first-order valence-corrected chi connectivity index (χ1v) is 10.8. The summed E-state index contributed by atoms with van der Waals surface area (Å²) in [5.41, 5.74) is 0.619. The van der Waals surface area contributed by atoms with Crippen molar-refractivity contribution in [3.63, 3.8) is 0 Å². The Morgan fingerprint density at radius 3 is 2.48 bits per heavy atom. The van der Waals surface area contributed by atoms with Crippen molar-refractivity contribution in [2.75, 3.05) is 19.0 Å². The van der Waals surface area contributed by atoms with Crippen molar-refractivity contribution in [3.05, 3.63) is 64.8 Å². The molecule has 1 aromatic heterocycles. The summed E-state index contributed by atoms with van der Waals surface area (Å²) in [6.07, 6.45) is 0. The van der Waals surface area contributed by atoms with Crippen molar-refractivity contribution < 1.29 is 23.5 Å². The van der Waals surface area contributed by atoms with E-state index in [1.165, 1.54) is 30.6 Å². The van der Waals surface area contributed by atoms with Gasteiger partial charge in [-0.2, -0.15) is 0 Å². The summed E-state index contributed by atoms with van der Waals surface area (Å²) in [4.78, 5) is 44.3. The Morgan fingerprint density at radius 2 is 1.85 bits per heavy atom. The number of rotatable bonds is 6. The molecule has 10 heteroatoms. The molecular formula is C23H21FN4O4S. The minimum atomic E-state index is -1.29. The summed E-state index contributed by atoms with van der Waals surface area (Å²) in [7, 11) is 1.53. The third kappa shape index (κ3) is 4.29. The van der Waals surface area contributed by atoms with E-state index in [-0.39, 0.29) is 5.82 Å². The molecule has 170 valence electrons. The van der Waals surface area contributed by atoms with Crippen molar-refractivity contribution in [2.45, 2.75) is 19.4 Å². The van der Waals surface area contributed by atoms with E-state index in [2.05, 4.69) is 15.6 Å². The maximum atomic E-state index is 13.2. The minimum absolute atomic E-state index is 0.321. The topological polar surface area (TPSA) is 101 Å². The lowest BCUT2D eigenvalue weighted by atomic mass is 9.92. The third-order valence-electron chi connectivity index (χ3n) is 5.40. The predicted octanol–water partition coefficient (Wildman–Crippen LogP) is 3.67. The number of aryl methyl sites for hydroxylation is 1. The van der Waals surface area contributed by atoms with Crippen LogP contribution in [0.5, 0.6) is 5.75 Å². The number of amides is 4. The maximum absolute atomic E-state index is 13.2. The summed E-state index contributed by atoms with van der Waals surface area (Å²) in [6.45, 7) is 2.97. The smallest absolute Gasteiger partial charge is 0.325 e. The highest BCUT2D eigenvalue weighted by molar-refractivity contribution is 7.16. The second-order valence-corrected chi connectivity index (χ2v) is 8.86. The van der Waals surface area contributed by atoms with E-state index in [1.807, 2.05) is 6.92 Å². The number of thiazole rings is 1. The molecule has 1 atom stereocenters. The van der Waals surface area contributed by atoms with Gasteiger partial charge in [-0.25, -0.2) is 14.2 Å². The number of hydrogen-bond acceptors (Lipinski definition) is 6. The molecule has 0 aliphatic carbocycles. The number of hydrogen-bond donors (Lipinski definition) is 2. The van der Waals surface area contributed by atoms with Gasteiger partial charge in [0.1, 0.15) is 23.7 Å². The van der Waals surface area contributed by atoms with E-state index in [1.54, 1.807) is 43.3 Å². The van der Waals surface area contributed by atoms with Gasteiger partial charge in [-0.3, -0.25) is 14.5 Å². The summed E-state index contributed by atoms with van der Waals surface area (Å²) < 4.78 is 18.3. The van der Waals surface area contributed by atoms with Gasteiger partial charge >= 0.3 is 6.03 Å². The van der Waals surface area contributed by atoms with E-state index < -0.39 is 29.9 Å². The summed E-state index contributed by atoms with van der Waals surface area (Å²) in [5, 5.41) is 5.62. The van der Waals surface area contributed by atoms with Gasteiger partial charge in [0, 0.05) is 10.4 Å². The van der Waals surface area contributed by atoms with Gasteiger partial charge in [0.05, 0.1) is 12.8 Å². The van der Waals surface area contributed by atoms with Crippen molar-refractivity contribution in [1.82, 2.24) is 15.2 Å². The van der Waals surface area contributed by atoms with Crippen molar-refractivity contribution in [1.29, 1.82) is 0 Å². The van der Waals surface area contributed by atoms with Crippen LogP contribution in [0, 0.1) is 12.7 Å². The SMILES string of the molecule is COc1ccc(C2(C)NC(=O)N(CC(=O)Nc3nc(-c4ccc(F)cc4)c(C)s3)C2=O)cc1. The Bertz CT molecular complexity index is 1230. The average molecular weight is 469 g/mol. The van der Waals surface area contributed by atoms with Crippen LogP contribution in [0.25, 0.3) is 11.3 Å². The number of carbonyl (C=O) groups excluding carboxylic acids is 3. The number of ether oxygens (including phenoxy) is 1. The Morgan fingerprint density at radius 1 is 1.18 bits per heavy atom. The highest BCUT2D eigenvalue weighted by atomic mass is 32.1. The zero-order chi connectivity index (χ0) is 23.8. The molecule has 2 N–H and O–H groups in total. The number of carbonyl (C=O) groups is 3. The third-order valence-corrected chi connectivity index (χ3v) is 6.29. The molecule has 0 spiro atoms. The van der Waals surface area contributed by atoms with Crippen LogP contribution in [0.3, 0.4) is 0 Å². The molecule has 2 aromatic carbocycles. The number of imide groups is 1. The van der Waals surface area contributed by atoms with Crippen molar-refractivity contribution >= 4 is 34.3 Å². The first-order chi connectivity index (χ1) is 15.7. The second kappa shape index (κ2) is 8.62. The molecule has 8 nitrogen and oxygen atoms in total. The van der Waals surface area contributed by atoms with E-state index in [0.717, 1.165) is 15.3 Å².